The average Bonchev–Trinajstić information content (AvgIpc) is 2.74. The van der Waals surface area contributed by atoms with E-state index in [1.807, 2.05) is 18.2 Å². The number of carbonyl (C=O) groups excluding carboxylic acids is 1. The molecule has 6 heteroatoms. The average molecular weight is 378 g/mol. The summed E-state index contributed by atoms with van der Waals surface area (Å²) in [6.07, 6.45) is 8.30. The molecule has 2 aromatic heterocycles. The standard InChI is InChI=1S/C22H23FN4O/c1-27(13-9-18-6-10-24-11-7-18)22(28)19-14-21(16-25-15-19)26-12-8-17-2-4-20(23)5-3-17/h2-7,10-11,14-16,26H,8-9,12-13H2,1H3. The molecule has 1 amide bonds. The zero-order chi connectivity index (χ0) is 19.8. The minimum atomic E-state index is -0.236. The number of nitrogens with zero attached hydrogens (tertiary/aromatic N) is 3. The predicted octanol–water partition coefficient (Wildman–Crippen LogP) is 3.59. The maximum atomic E-state index is 12.9. The number of rotatable bonds is 8. The lowest BCUT2D eigenvalue weighted by Gasteiger charge is -2.17. The maximum absolute atomic E-state index is 12.9. The Labute approximate surface area is 164 Å². The maximum Gasteiger partial charge on any atom is 0.255 e. The first-order valence-electron chi connectivity index (χ1n) is 9.19. The Bertz CT molecular complexity index is 900. The van der Waals surface area contributed by atoms with Gasteiger partial charge in [-0.1, -0.05) is 12.1 Å². The summed E-state index contributed by atoms with van der Waals surface area (Å²) in [6.45, 7) is 1.29. The summed E-state index contributed by atoms with van der Waals surface area (Å²) in [5, 5.41) is 3.27. The first-order chi connectivity index (χ1) is 13.6. The van der Waals surface area contributed by atoms with Gasteiger partial charge in [0.2, 0.25) is 0 Å². The number of hydrogen-bond acceptors (Lipinski definition) is 4. The quantitative estimate of drug-likeness (QED) is 0.651. The van der Waals surface area contributed by atoms with Crippen molar-refractivity contribution in [2.45, 2.75) is 12.8 Å². The Kier molecular flexibility index (Phi) is 6.68. The van der Waals surface area contributed by atoms with Crippen molar-refractivity contribution in [3.63, 3.8) is 0 Å². The van der Waals surface area contributed by atoms with Crippen LogP contribution in [-0.2, 0) is 12.8 Å². The van der Waals surface area contributed by atoms with Crippen LogP contribution in [0.4, 0.5) is 10.1 Å². The lowest BCUT2D eigenvalue weighted by atomic mass is 10.1. The molecule has 0 saturated heterocycles. The second-order valence-electron chi connectivity index (χ2n) is 6.60. The summed E-state index contributed by atoms with van der Waals surface area (Å²) < 4.78 is 12.9. The summed E-state index contributed by atoms with van der Waals surface area (Å²) in [5.41, 5.74) is 3.52. The van der Waals surface area contributed by atoms with E-state index in [0.717, 1.165) is 29.7 Å². The van der Waals surface area contributed by atoms with Crippen molar-refractivity contribution in [2.24, 2.45) is 0 Å². The summed E-state index contributed by atoms with van der Waals surface area (Å²) in [5.74, 6) is -0.302. The summed E-state index contributed by atoms with van der Waals surface area (Å²) in [6, 6.07) is 12.2. The SMILES string of the molecule is CN(CCc1ccncc1)C(=O)c1cncc(NCCc2ccc(F)cc2)c1. The molecule has 0 spiro atoms. The van der Waals surface area contributed by atoms with Gasteiger partial charge in [0.25, 0.3) is 5.91 Å². The molecule has 5 nitrogen and oxygen atoms in total. The van der Waals surface area contributed by atoms with Crippen molar-refractivity contribution < 1.29 is 9.18 Å². The number of benzene rings is 1. The Morgan fingerprint density at radius 2 is 1.71 bits per heavy atom. The van der Waals surface area contributed by atoms with E-state index in [1.54, 1.807) is 48.9 Å². The van der Waals surface area contributed by atoms with E-state index in [0.29, 0.717) is 18.7 Å². The molecular formula is C22H23FN4O. The molecule has 0 aliphatic heterocycles. The first kappa shape index (κ1) is 19.5. The van der Waals surface area contributed by atoms with E-state index in [-0.39, 0.29) is 11.7 Å². The molecule has 3 rings (SSSR count). The second kappa shape index (κ2) is 9.60. The zero-order valence-corrected chi connectivity index (χ0v) is 15.8. The van der Waals surface area contributed by atoms with E-state index >= 15 is 0 Å². The summed E-state index contributed by atoms with van der Waals surface area (Å²) in [4.78, 5) is 22.5. The third kappa shape index (κ3) is 5.61. The van der Waals surface area contributed by atoms with E-state index in [4.69, 9.17) is 0 Å². The van der Waals surface area contributed by atoms with Gasteiger partial charge in [-0.25, -0.2) is 4.39 Å². The molecular weight excluding hydrogens is 355 g/mol. The first-order valence-corrected chi connectivity index (χ1v) is 9.19. The number of likely N-dealkylation sites (N-methyl/N-ethyl adjacent to an activating group) is 1. The highest BCUT2D eigenvalue weighted by Gasteiger charge is 2.12. The van der Waals surface area contributed by atoms with E-state index < -0.39 is 0 Å². The van der Waals surface area contributed by atoms with E-state index in [9.17, 15) is 9.18 Å². The molecule has 0 aliphatic carbocycles. The van der Waals surface area contributed by atoms with Gasteiger partial charge in [-0.2, -0.15) is 0 Å². The minimum absolute atomic E-state index is 0.0660. The molecule has 0 aliphatic rings. The lowest BCUT2D eigenvalue weighted by Crippen LogP contribution is -2.29. The van der Waals surface area contributed by atoms with Gasteiger partial charge >= 0.3 is 0 Å². The fourth-order valence-corrected chi connectivity index (χ4v) is 2.82. The third-order valence-corrected chi connectivity index (χ3v) is 4.47. The van der Waals surface area contributed by atoms with Crippen LogP contribution in [0.5, 0.6) is 0 Å². The van der Waals surface area contributed by atoms with Crippen LogP contribution >= 0.6 is 0 Å². The smallest absolute Gasteiger partial charge is 0.255 e. The normalized spacial score (nSPS) is 10.5. The van der Waals surface area contributed by atoms with Crippen LogP contribution in [0.1, 0.15) is 21.5 Å². The van der Waals surface area contributed by atoms with Gasteiger partial charge in [-0.3, -0.25) is 14.8 Å². The lowest BCUT2D eigenvalue weighted by molar-refractivity contribution is 0.0796. The largest absolute Gasteiger partial charge is 0.383 e. The van der Waals surface area contributed by atoms with Crippen LogP contribution in [0.3, 0.4) is 0 Å². The number of carbonyl (C=O) groups is 1. The summed E-state index contributed by atoms with van der Waals surface area (Å²) >= 11 is 0. The van der Waals surface area contributed by atoms with Crippen molar-refractivity contribution in [2.75, 3.05) is 25.5 Å². The van der Waals surface area contributed by atoms with Gasteiger partial charge in [-0.15, -0.1) is 0 Å². The Balaban J connectivity index is 1.52. The molecule has 3 aromatic rings. The van der Waals surface area contributed by atoms with Gasteiger partial charge in [-0.05, 0) is 54.3 Å². The van der Waals surface area contributed by atoms with Gasteiger partial charge in [0.15, 0.2) is 0 Å². The van der Waals surface area contributed by atoms with Gasteiger partial charge in [0, 0.05) is 44.9 Å². The van der Waals surface area contributed by atoms with E-state index in [1.165, 1.54) is 12.1 Å². The molecule has 1 N–H and O–H groups in total. The third-order valence-electron chi connectivity index (χ3n) is 4.47. The number of halogens is 1. The number of pyridine rings is 2. The molecule has 0 bridgehead atoms. The highest BCUT2D eigenvalue weighted by atomic mass is 19.1. The molecule has 28 heavy (non-hydrogen) atoms. The molecule has 2 heterocycles. The number of nitrogens with one attached hydrogen (secondary N) is 1. The molecule has 1 aromatic carbocycles. The monoisotopic (exact) mass is 378 g/mol. The predicted molar refractivity (Wildman–Crippen MR) is 108 cm³/mol. The van der Waals surface area contributed by atoms with Crippen LogP contribution in [0, 0.1) is 5.82 Å². The summed E-state index contributed by atoms with van der Waals surface area (Å²) in [7, 11) is 1.79. The van der Waals surface area contributed by atoms with Crippen LogP contribution < -0.4 is 5.32 Å². The van der Waals surface area contributed by atoms with Crippen molar-refractivity contribution in [3.8, 4) is 0 Å². The molecule has 0 unspecified atom stereocenters. The van der Waals surface area contributed by atoms with Crippen LogP contribution in [0.15, 0.2) is 67.3 Å². The number of anilines is 1. The van der Waals surface area contributed by atoms with Crippen molar-refractivity contribution in [3.05, 3.63) is 89.8 Å². The Hall–Kier alpha value is -3.28. The molecule has 0 saturated carbocycles. The Morgan fingerprint density at radius 3 is 2.46 bits per heavy atom. The molecule has 0 atom stereocenters. The van der Waals surface area contributed by atoms with Crippen LogP contribution in [-0.4, -0.2) is 40.9 Å². The minimum Gasteiger partial charge on any atom is -0.383 e. The van der Waals surface area contributed by atoms with Crippen molar-refractivity contribution >= 4 is 11.6 Å². The van der Waals surface area contributed by atoms with Gasteiger partial charge in [0.05, 0.1) is 11.3 Å². The van der Waals surface area contributed by atoms with Gasteiger partial charge in [0.1, 0.15) is 5.82 Å². The fraction of sp³-hybridized carbons (Fsp3) is 0.227. The van der Waals surface area contributed by atoms with Crippen LogP contribution in [0.2, 0.25) is 0 Å². The van der Waals surface area contributed by atoms with Gasteiger partial charge < -0.3 is 10.2 Å². The Morgan fingerprint density at radius 1 is 1.00 bits per heavy atom. The fourth-order valence-electron chi connectivity index (χ4n) is 2.82. The van der Waals surface area contributed by atoms with Crippen molar-refractivity contribution in [1.82, 2.24) is 14.9 Å². The molecule has 0 fully saturated rings. The highest BCUT2D eigenvalue weighted by molar-refractivity contribution is 5.94. The number of hydrogen-bond donors (Lipinski definition) is 1. The second-order valence-corrected chi connectivity index (χ2v) is 6.60. The van der Waals surface area contributed by atoms with Crippen molar-refractivity contribution in [1.29, 1.82) is 0 Å². The topological polar surface area (TPSA) is 58.1 Å². The number of amides is 1. The molecule has 144 valence electrons. The zero-order valence-electron chi connectivity index (χ0n) is 15.8. The van der Waals surface area contributed by atoms with Crippen LogP contribution in [0.25, 0.3) is 0 Å². The number of aromatic nitrogens is 2. The highest BCUT2D eigenvalue weighted by Crippen LogP contribution is 2.12. The molecule has 0 radical (unpaired) electrons. The van der Waals surface area contributed by atoms with E-state index in [2.05, 4.69) is 15.3 Å².